The Morgan fingerprint density at radius 3 is 2.71 bits per heavy atom. The van der Waals surface area contributed by atoms with E-state index in [9.17, 15) is 4.39 Å². The van der Waals surface area contributed by atoms with E-state index in [0.29, 0.717) is 18.9 Å². The molecule has 0 saturated heterocycles. The Morgan fingerprint density at radius 2 is 2.12 bits per heavy atom. The van der Waals surface area contributed by atoms with Gasteiger partial charge in [-0.15, -0.1) is 0 Å². The fourth-order valence-corrected chi connectivity index (χ4v) is 1.99. The fourth-order valence-electron chi connectivity index (χ4n) is 1.99. The first kappa shape index (κ1) is 14.0. The maximum Gasteiger partial charge on any atom is 0.128 e. The van der Waals surface area contributed by atoms with Gasteiger partial charge in [-0.1, -0.05) is 26.3 Å². The van der Waals surface area contributed by atoms with Crippen LogP contribution >= 0.6 is 0 Å². The van der Waals surface area contributed by atoms with Crippen molar-refractivity contribution in [1.29, 1.82) is 0 Å². The third-order valence-corrected chi connectivity index (χ3v) is 3.18. The zero-order valence-corrected chi connectivity index (χ0v) is 11.0. The van der Waals surface area contributed by atoms with E-state index in [-0.39, 0.29) is 5.82 Å². The lowest BCUT2D eigenvalue weighted by Crippen LogP contribution is -2.25. The lowest BCUT2D eigenvalue weighted by molar-refractivity contribution is 0.556. The summed E-state index contributed by atoms with van der Waals surface area (Å²) < 4.78 is 13.7. The molecule has 0 aliphatic heterocycles. The summed E-state index contributed by atoms with van der Waals surface area (Å²) in [6, 6.07) is 5.24. The summed E-state index contributed by atoms with van der Waals surface area (Å²) in [5.74, 6) is 0.456. The fraction of sp³-hybridized carbons (Fsp3) is 0.571. The van der Waals surface area contributed by atoms with E-state index >= 15 is 0 Å². The van der Waals surface area contributed by atoms with Crippen LogP contribution in [0.4, 0.5) is 10.1 Å². The van der Waals surface area contributed by atoms with Crippen LogP contribution in [0.25, 0.3) is 0 Å². The van der Waals surface area contributed by atoms with Crippen molar-refractivity contribution in [1.82, 2.24) is 0 Å². The smallest absolute Gasteiger partial charge is 0.128 e. The van der Waals surface area contributed by atoms with Crippen molar-refractivity contribution in [2.75, 3.05) is 25.0 Å². The highest BCUT2D eigenvalue weighted by atomic mass is 19.1. The van der Waals surface area contributed by atoms with E-state index in [1.165, 1.54) is 6.07 Å². The summed E-state index contributed by atoms with van der Waals surface area (Å²) in [5, 5.41) is 0. The molecule has 0 aromatic heterocycles. The van der Waals surface area contributed by atoms with Crippen LogP contribution < -0.4 is 10.6 Å². The second-order valence-electron chi connectivity index (χ2n) is 4.67. The quantitative estimate of drug-likeness (QED) is 0.825. The van der Waals surface area contributed by atoms with E-state index in [1.807, 2.05) is 13.1 Å². The van der Waals surface area contributed by atoms with Crippen molar-refractivity contribution in [3.8, 4) is 0 Å². The van der Waals surface area contributed by atoms with Gasteiger partial charge in [0.15, 0.2) is 0 Å². The minimum Gasteiger partial charge on any atom is -0.374 e. The third kappa shape index (κ3) is 3.70. The molecule has 0 heterocycles. The van der Waals surface area contributed by atoms with Gasteiger partial charge < -0.3 is 10.6 Å². The predicted octanol–water partition coefficient (Wildman–Crippen LogP) is 2.81. The van der Waals surface area contributed by atoms with Gasteiger partial charge in [0.2, 0.25) is 0 Å². The molecule has 1 aromatic rings. The molecule has 0 radical (unpaired) electrons. The first-order valence-corrected chi connectivity index (χ1v) is 6.28. The van der Waals surface area contributed by atoms with E-state index in [4.69, 9.17) is 5.73 Å². The third-order valence-electron chi connectivity index (χ3n) is 3.18. The number of hydrogen-bond donors (Lipinski definition) is 1. The van der Waals surface area contributed by atoms with Crippen molar-refractivity contribution >= 4 is 5.69 Å². The van der Waals surface area contributed by atoms with Gasteiger partial charge in [0.25, 0.3) is 0 Å². The predicted molar refractivity (Wildman–Crippen MR) is 71.9 cm³/mol. The molecule has 0 aliphatic carbocycles. The molecule has 2 nitrogen and oxygen atoms in total. The van der Waals surface area contributed by atoms with Gasteiger partial charge in [-0.3, -0.25) is 0 Å². The summed E-state index contributed by atoms with van der Waals surface area (Å²) >= 11 is 0. The Hall–Kier alpha value is -1.09. The van der Waals surface area contributed by atoms with Gasteiger partial charge >= 0.3 is 0 Å². The van der Waals surface area contributed by atoms with Crippen molar-refractivity contribution in [3.05, 3.63) is 29.6 Å². The van der Waals surface area contributed by atoms with Crippen LogP contribution in [0.15, 0.2) is 18.2 Å². The highest BCUT2D eigenvalue weighted by molar-refractivity contribution is 5.53. The second kappa shape index (κ2) is 6.60. The molecule has 1 rings (SSSR count). The van der Waals surface area contributed by atoms with Gasteiger partial charge in [-0.05, 0) is 31.0 Å². The second-order valence-corrected chi connectivity index (χ2v) is 4.67. The minimum absolute atomic E-state index is 0.149. The Balaban J connectivity index is 2.91. The monoisotopic (exact) mass is 238 g/mol. The number of benzene rings is 1. The largest absolute Gasteiger partial charge is 0.374 e. The molecule has 96 valence electrons. The molecule has 1 atom stereocenters. The molecule has 0 fully saturated rings. The Kier molecular flexibility index (Phi) is 5.42. The molecule has 0 spiro atoms. The molecule has 0 amide bonds. The molecule has 17 heavy (non-hydrogen) atoms. The highest BCUT2D eigenvalue weighted by Crippen LogP contribution is 2.23. The number of nitrogens with zero attached hydrogens (tertiary/aromatic N) is 1. The molecule has 0 saturated carbocycles. The molecule has 3 heteroatoms. The van der Waals surface area contributed by atoms with Crippen molar-refractivity contribution in [2.24, 2.45) is 11.7 Å². The molecule has 1 unspecified atom stereocenters. The normalized spacial score (nSPS) is 12.5. The summed E-state index contributed by atoms with van der Waals surface area (Å²) in [6.45, 7) is 5.80. The number of halogens is 1. The van der Waals surface area contributed by atoms with Crippen LogP contribution in [-0.4, -0.2) is 20.1 Å². The molecule has 2 N–H and O–H groups in total. The van der Waals surface area contributed by atoms with Gasteiger partial charge in [0, 0.05) is 24.8 Å². The maximum absolute atomic E-state index is 13.7. The van der Waals surface area contributed by atoms with E-state index < -0.39 is 0 Å². The standard InChI is InChI=1S/C14H23FN2/c1-4-11(2)10-17(3)14-7-5-6-13(15)12(14)8-9-16/h5-7,11H,4,8-10,16H2,1-3H3. The molecule has 1 aromatic carbocycles. The zero-order valence-electron chi connectivity index (χ0n) is 11.0. The summed E-state index contributed by atoms with van der Waals surface area (Å²) in [6.07, 6.45) is 1.72. The molecular formula is C14H23FN2. The first-order valence-electron chi connectivity index (χ1n) is 6.28. The Labute approximate surface area is 104 Å². The molecular weight excluding hydrogens is 215 g/mol. The van der Waals surface area contributed by atoms with Crippen LogP contribution in [0.5, 0.6) is 0 Å². The van der Waals surface area contributed by atoms with Gasteiger partial charge in [0.05, 0.1) is 0 Å². The average Bonchev–Trinajstić information content (AvgIpc) is 2.31. The van der Waals surface area contributed by atoms with E-state index in [2.05, 4.69) is 18.7 Å². The number of rotatable bonds is 6. The van der Waals surface area contributed by atoms with Crippen molar-refractivity contribution in [2.45, 2.75) is 26.7 Å². The van der Waals surface area contributed by atoms with Crippen LogP contribution in [0.3, 0.4) is 0 Å². The van der Waals surface area contributed by atoms with Crippen molar-refractivity contribution < 1.29 is 4.39 Å². The van der Waals surface area contributed by atoms with Crippen LogP contribution in [0.2, 0.25) is 0 Å². The lowest BCUT2D eigenvalue weighted by atomic mass is 10.1. The highest BCUT2D eigenvalue weighted by Gasteiger charge is 2.12. The van der Waals surface area contributed by atoms with Crippen molar-refractivity contribution in [3.63, 3.8) is 0 Å². The van der Waals surface area contributed by atoms with Gasteiger partial charge in [0.1, 0.15) is 5.82 Å². The topological polar surface area (TPSA) is 29.3 Å². The first-order chi connectivity index (χ1) is 8.10. The lowest BCUT2D eigenvalue weighted by Gasteiger charge is -2.25. The Bertz CT molecular complexity index is 352. The molecule has 0 aliphatic rings. The SMILES string of the molecule is CCC(C)CN(C)c1cccc(F)c1CCN. The van der Waals surface area contributed by atoms with Crippen LogP contribution in [0.1, 0.15) is 25.8 Å². The Morgan fingerprint density at radius 1 is 1.41 bits per heavy atom. The number of hydrogen-bond acceptors (Lipinski definition) is 2. The van der Waals surface area contributed by atoms with Gasteiger partial charge in [-0.25, -0.2) is 4.39 Å². The number of anilines is 1. The average molecular weight is 238 g/mol. The molecule has 0 bridgehead atoms. The summed E-state index contributed by atoms with van der Waals surface area (Å²) in [5.41, 5.74) is 7.25. The number of nitrogens with two attached hydrogens (primary N) is 1. The zero-order chi connectivity index (χ0) is 12.8. The maximum atomic E-state index is 13.7. The summed E-state index contributed by atoms with van der Waals surface area (Å²) in [4.78, 5) is 2.13. The van der Waals surface area contributed by atoms with E-state index in [1.54, 1.807) is 6.07 Å². The van der Waals surface area contributed by atoms with E-state index in [0.717, 1.165) is 24.2 Å². The summed E-state index contributed by atoms with van der Waals surface area (Å²) in [7, 11) is 2.01. The van der Waals surface area contributed by atoms with Gasteiger partial charge in [-0.2, -0.15) is 0 Å². The minimum atomic E-state index is -0.149. The van der Waals surface area contributed by atoms with Crippen LogP contribution in [-0.2, 0) is 6.42 Å². The van der Waals surface area contributed by atoms with Crippen LogP contribution in [0, 0.1) is 11.7 Å².